The van der Waals surface area contributed by atoms with E-state index in [0.29, 0.717) is 17.8 Å². The smallest absolute Gasteiger partial charge is 0.0973 e. The van der Waals surface area contributed by atoms with Crippen LogP contribution in [0.15, 0.2) is 15.7 Å². The van der Waals surface area contributed by atoms with Crippen LogP contribution >= 0.6 is 23.1 Å². The highest BCUT2D eigenvalue weighted by atomic mass is 32.2. The third-order valence-electron chi connectivity index (χ3n) is 2.98. The Morgan fingerprint density at radius 1 is 1.59 bits per heavy atom. The van der Waals surface area contributed by atoms with Crippen LogP contribution in [0.1, 0.15) is 31.9 Å². The molecule has 0 amide bonds. The number of rotatable bonds is 4. The molecule has 2 heterocycles. The van der Waals surface area contributed by atoms with Crippen molar-refractivity contribution in [1.82, 2.24) is 5.32 Å². The number of thiophene rings is 1. The maximum Gasteiger partial charge on any atom is 0.0973 e. The molecule has 1 aliphatic rings. The maximum absolute atomic E-state index is 9.80. The van der Waals surface area contributed by atoms with Gasteiger partial charge in [-0.25, -0.2) is 0 Å². The van der Waals surface area contributed by atoms with Crippen LogP contribution in [0, 0.1) is 0 Å². The van der Waals surface area contributed by atoms with Gasteiger partial charge in [-0.3, -0.25) is 0 Å². The Morgan fingerprint density at radius 3 is 3.06 bits per heavy atom. The molecule has 0 aliphatic carbocycles. The summed E-state index contributed by atoms with van der Waals surface area (Å²) in [5, 5.41) is 24.9. The Bertz CT molecular complexity index is 378. The summed E-state index contributed by atoms with van der Waals surface area (Å²) in [7, 11) is 0. The predicted molar refractivity (Wildman–Crippen MR) is 72.7 cm³/mol. The van der Waals surface area contributed by atoms with Crippen LogP contribution in [-0.4, -0.2) is 34.2 Å². The van der Waals surface area contributed by atoms with E-state index in [-0.39, 0.29) is 6.61 Å². The van der Waals surface area contributed by atoms with E-state index >= 15 is 0 Å². The SMILES string of the molecule is C[C@H]1CC(NCC(C)(O)CO)c2ccsc2S1. The molecule has 3 atom stereocenters. The van der Waals surface area contributed by atoms with Crippen molar-refractivity contribution in [2.75, 3.05) is 13.2 Å². The van der Waals surface area contributed by atoms with Gasteiger partial charge in [-0.05, 0) is 30.4 Å². The summed E-state index contributed by atoms with van der Waals surface area (Å²) >= 11 is 3.71. The van der Waals surface area contributed by atoms with Gasteiger partial charge in [0.1, 0.15) is 0 Å². The van der Waals surface area contributed by atoms with Gasteiger partial charge >= 0.3 is 0 Å². The van der Waals surface area contributed by atoms with E-state index in [0.717, 1.165) is 6.42 Å². The van der Waals surface area contributed by atoms with Crippen molar-refractivity contribution in [3.05, 3.63) is 17.0 Å². The van der Waals surface area contributed by atoms with Gasteiger partial charge in [0, 0.05) is 17.8 Å². The zero-order valence-corrected chi connectivity index (χ0v) is 11.8. The number of hydrogen-bond acceptors (Lipinski definition) is 5. The third-order valence-corrected chi connectivity index (χ3v) is 5.32. The fraction of sp³-hybridized carbons (Fsp3) is 0.667. The van der Waals surface area contributed by atoms with Crippen molar-refractivity contribution in [2.24, 2.45) is 0 Å². The van der Waals surface area contributed by atoms with Gasteiger partial charge in [0.15, 0.2) is 0 Å². The third kappa shape index (κ3) is 3.23. The molecule has 0 fully saturated rings. The first kappa shape index (κ1) is 13.4. The Labute approximate surface area is 110 Å². The molecule has 17 heavy (non-hydrogen) atoms. The maximum atomic E-state index is 9.80. The fourth-order valence-corrected chi connectivity index (χ4v) is 4.51. The standard InChI is InChI=1S/C12H19NO2S2/c1-8-5-10(13-6-12(2,15)7-14)9-3-4-16-11(9)17-8/h3-4,8,10,13-15H,5-7H2,1-2H3/t8-,10?,12?/m0/s1. The second-order valence-electron chi connectivity index (χ2n) is 4.92. The Morgan fingerprint density at radius 2 is 2.35 bits per heavy atom. The minimum Gasteiger partial charge on any atom is -0.393 e. The highest BCUT2D eigenvalue weighted by Gasteiger charge is 2.28. The van der Waals surface area contributed by atoms with E-state index in [1.807, 2.05) is 11.8 Å². The molecule has 0 spiro atoms. The van der Waals surface area contributed by atoms with Gasteiger partial charge in [-0.2, -0.15) is 0 Å². The van der Waals surface area contributed by atoms with Gasteiger partial charge in [0.2, 0.25) is 0 Å². The van der Waals surface area contributed by atoms with Gasteiger partial charge in [0.25, 0.3) is 0 Å². The van der Waals surface area contributed by atoms with Crippen molar-refractivity contribution >= 4 is 23.1 Å². The molecule has 1 aromatic heterocycles. The van der Waals surface area contributed by atoms with Crippen LogP contribution < -0.4 is 5.32 Å². The zero-order valence-electron chi connectivity index (χ0n) is 10.1. The molecular weight excluding hydrogens is 254 g/mol. The Kier molecular flexibility index (Phi) is 4.15. The molecule has 5 heteroatoms. The number of nitrogens with one attached hydrogen (secondary N) is 1. The highest BCUT2D eigenvalue weighted by molar-refractivity contribution is 8.01. The van der Waals surface area contributed by atoms with E-state index < -0.39 is 5.60 Å². The summed E-state index contributed by atoms with van der Waals surface area (Å²) in [6.07, 6.45) is 1.07. The van der Waals surface area contributed by atoms with E-state index in [2.05, 4.69) is 23.7 Å². The largest absolute Gasteiger partial charge is 0.393 e. The minimum atomic E-state index is -1.04. The first-order valence-corrected chi connectivity index (χ1v) is 7.58. The van der Waals surface area contributed by atoms with Crippen LogP contribution in [0.5, 0.6) is 0 Å². The van der Waals surface area contributed by atoms with Crippen LogP contribution in [-0.2, 0) is 0 Å². The lowest BCUT2D eigenvalue weighted by Gasteiger charge is -2.30. The molecule has 96 valence electrons. The van der Waals surface area contributed by atoms with Gasteiger partial charge in [0.05, 0.1) is 16.4 Å². The van der Waals surface area contributed by atoms with Gasteiger partial charge < -0.3 is 15.5 Å². The lowest BCUT2D eigenvalue weighted by Crippen LogP contribution is -2.43. The van der Waals surface area contributed by atoms with E-state index in [9.17, 15) is 5.11 Å². The highest BCUT2D eigenvalue weighted by Crippen LogP contribution is 2.43. The molecule has 3 N–H and O–H groups in total. The molecule has 0 aromatic carbocycles. The lowest BCUT2D eigenvalue weighted by atomic mass is 10.0. The predicted octanol–water partition coefficient (Wildman–Crippen LogP) is 2.01. The van der Waals surface area contributed by atoms with Gasteiger partial charge in [-0.1, -0.05) is 6.92 Å². The Hall–Kier alpha value is -0.0700. The molecular formula is C12H19NO2S2. The number of fused-ring (bicyclic) bond motifs is 1. The topological polar surface area (TPSA) is 52.5 Å². The molecule has 0 radical (unpaired) electrons. The molecule has 3 nitrogen and oxygen atoms in total. The molecule has 0 saturated heterocycles. The second-order valence-corrected chi connectivity index (χ2v) is 7.54. The summed E-state index contributed by atoms with van der Waals surface area (Å²) < 4.78 is 1.38. The zero-order chi connectivity index (χ0) is 12.5. The summed E-state index contributed by atoms with van der Waals surface area (Å²) in [6.45, 7) is 4.08. The minimum absolute atomic E-state index is 0.215. The summed E-state index contributed by atoms with van der Waals surface area (Å²) in [5.41, 5.74) is 0.302. The summed E-state index contributed by atoms with van der Waals surface area (Å²) in [5.74, 6) is 0. The van der Waals surface area contributed by atoms with Crippen LogP contribution in [0.4, 0.5) is 0 Å². The second kappa shape index (κ2) is 5.28. The molecule has 2 unspecified atom stereocenters. The van der Waals surface area contributed by atoms with E-state index in [1.165, 1.54) is 9.77 Å². The molecule has 1 aliphatic heterocycles. The van der Waals surface area contributed by atoms with Crippen LogP contribution in [0.3, 0.4) is 0 Å². The summed E-state index contributed by atoms with van der Waals surface area (Å²) in [6, 6.07) is 2.45. The first-order valence-electron chi connectivity index (χ1n) is 5.82. The molecule has 2 rings (SSSR count). The average molecular weight is 273 g/mol. The first-order chi connectivity index (χ1) is 8.02. The molecule has 1 aromatic rings. The number of aliphatic hydroxyl groups excluding tert-OH is 1. The Balaban J connectivity index is 2.03. The molecule has 0 bridgehead atoms. The van der Waals surface area contributed by atoms with Crippen molar-refractivity contribution in [1.29, 1.82) is 0 Å². The quantitative estimate of drug-likeness (QED) is 0.785. The van der Waals surface area contributed by atoms with Crippen molar-refractivity contribution in [3.8, 4) is 0 Å². The van der Waals surface area contributed by atoms with E-state index in [4.69, 9.17) is 5.11 Å². The lowest BCUT2D eigenvalue weighted by molar-refractivity contribution is 0.000418. The number of thioether (sulfide) groups is 1. The van der Waals surface area contributed by atoms with Gasteiger partial charge in [-0.15, -0.1) is 23.1 Å². The van der Waals surface area contributed by atoms with Crippen molar-refractivity contribution in [3.63, 3.8) is 0 Å². The van der Waals surface area contributed by atoms with Crippen molar-refractivity contribution in [2.45, 2.75) is 41.4 Å². The van der Waals surface area contributed by atoms with E-state index in [1.54, 1.807) is 18.3 Å². The fourth-order valence-electron chi connectivity index (χ4n) is 1.94. The molecule has 0 saturated carbocycles. The van der Waals surface area contributed by atoms with Crippen LogP contribution in [0.2, 0.25) is 0 Å². The monoisotopic (exact) mass is 273 g/mol. The number of hydrogen-bond donors (Lipinski definition) is 3. The normalized spacial score (nSPS) is 27.5. The van der Waals surface area contributed by atoms with Crippen molar-refractivity contribution < 1.29 is 10.2 Å². The average Bonchev–Trinajstić information content (AvgIpc) is 2.73. The summed E-state index contributed by atoms with van der Waals surface area (Å²) in [4.78, 5) is 0. The number of aliphatic hydroxyl groups is 2. The van der Waals surface area contributed by atoms with Crippen LogP contribution in [0.25, 0.3) is 0 Å².